The van der Waals surface area contributed by atoms with Gasteiger partial charge in [-0.15, -0.1) is 6.58 Å². The van der Waals surface area contributed by atoms with Crippen LogP contribution in [0.25, 0.3) is 0 Å². The molecule has 176 valence electrons. The number of carbonyl (C=O) groups excluding carboxylic acids is 2. The van der Waals surface area contributed by atoms with Gasteiger partial charge in [0.2, 0.25) is 5.91 Å². The topological polar surface area (TPSA) is 96.9 Å². The van der Waals surface area contributed by atoms with E-state index in [4.69, 9.17) is 4.42 Å². The maximum atomic E-state index is 13.3. The molecule has 34 heavy (non-hydrogen) atoms. The van der Waals surface area contributed by atoms with Crippen molar-refractivity contribution in [2.75, 3.05) is 13.1 Å². The molecule has 2 amide bonds. The number of amides is 2. The molecule has 0 aliphatic carbocycles. The van der Waals surface area contributed by atoms with Gasteiger partial charge in [0, 0.05) is 30.3 Å². The Morgan fingerprint density at radius 2 is 1.85 bits per heavy atom. The number of rotatable bonds is 10. The van der Waals surface area contributed by atoms with Crippen LogP contribution < -0.4 is 0 Å². The van der Waals surface area contributed by atoms with Crippen molar-refractivity contribution in [2.24, 2.45) is 0 Å². The van der Waals surface area contributed by atoms with Crippen LogP contribution in [0.4, 0.5) is 10.1 Å². The third-order valence-electron chi connectivity index (χ3n) is 5.18. The number of halogens is 1. The Morgan fingerprint density at radius 1 is 1.12 bits per heavy atom. The number of carbonyl (C=O) groups is 2. The van der Waals surface area contributed by atoms with Gasteiger partial charge in [-0.3, -0.25) is 19.7 Å². The smallest absolute Gasteiger partial charge is 0.273 e. The minimum absolute atomic E-state index is 0.0669. The average molecular weight is 465 g/mol. The molecule has 0 atom stereocenters. The third-order valence-corrected chi connectivity index (χ3v) is 5.18. The van der Waals surface area contributed by atoms with E-state index < -0.39 is 10.8 Å². The molecule has 0 N–H and O–H groups in total. The van der Waals surface area contributed by atoms with E-state index in [1.165, 1.54) is 52.5 Å². The highest BCUT2D eigenvalue weighted by Crippen LogP contribution is 2.21. The summed E-state index contributed by atoms with van der Waals surface area (Å²) in [6, 6.07) is 13.4. The summed E-state index contributed by atoms with van der Waals surface area (Å²) in [5.41, 5.74) is 1.06. The molecule has 0 saturated heterocycles. The molecule has 0 bridgehead atoms. The molecular formula is C25H24FN3O5. The highest BCUT2D eigenvalue weighted by atomic mass is 19.1. The normalized spacial score (nSPS) is 10.5. The number of nitro benzene ring substituents is 1. The fourth-order valence-corrected chi connectivity index (χ4v) is 3.39. The average Bonchev–Trinajstić information content (AvgIpc) is 3.32. The Hall–Kier alpha value is -4.27. The van der Waals surface area contributed by atoms with Gasteiger partial charge in [-0.25, -0.2) is 4.39 Å². The molecule has 0 spiro atoms. The highest BCUT2D eigenvalue weighted by molar-refractivity contribution is 5.97. The van der Waals surface area contributed by atoms with E-state index in [1.807, 2.05) is 0 Å². The van der Waals surface area contributed by atoms with Gasteiger partial charge in [-0.1, -0.05) is 24.3 Å². The standard InChI is InChI=1S/C25H24FN3O5/c1-3-12-27(25(31)20-9-6-18(2)23(14-20)29(32)33)17-24(30)28(16-22-5-4-13-34-22)15-19-7-10-21(26)11-8-19/h3-11,13-14H,1,12,15-17H2,2H3. The second-order valence-corrected chi connectivity index (χ2v) is 7.69. The van der Waals surface area contributed by atoms with E-state index in [9.17, 15) is 24.1 Å². The first-order chi connectivity index (χ1) is 16.3. The summed E-state index contributed by atoms with van der Waals surface area (Å²) in [6.07, 6.45) is 2.97. The first-order valence-electron chi connectivity index (χ1n) is 10.5. The van der Waals surface area contributed by atoms with Gasteiger partial charge in [0.25, 0.3) is 11.6 Å². The molecule has 3 aromatic rings. The maximum Gasteiger partial charge on any atom is 0.273 e. The van der Waals surface area contributed by atoms with Crippen molar-refractivity contribution in [3.05, 3.63) is 112 Å². The van der Waals surface area contributed by atoms with Gasteiger partial charge in [-0.05, 0) is 42.8 Å². The van der Waals surface area contributed by atoms with Gasteiger partial charge in [0.05, 0.1) is 17.7 Å². The van der Waals surface area contributed by atoms with Crippen LogP contribution in [-0.2, 0) is 17.9 Å². The van der Waals surface area contributed by atoms with Crippen molar-refractivity contribution in [1.29, 1.82) is 0 Å². The summed E-state index contributed by atoms with van der Waals surface area (Å²) in [5.74, 6) is -0.748. The number of aryl methyl sites for hydroxylation is 1. The molecule has 9 heteroatoms. The van der Waals surface area contributed by atoms with Crippen molar-refractivity contribution in [2.45, 2.75) is 20.0 Å². The molecule has 0 saturated carbocycles. The van der Waals surface area contributed by atoms with Crippen molar-refractivity contribution in [3.63, 3.8) is 0 Å². The Kier molecular flexibility index (Phi) is 7.92. The van der Waals surface area contributed by atoms with Gasteiger partial charge >= 0.3 is 0 Å². The zero-order chi connectivity index (χ0) is 24.7. The summed E-state index contributed by atoms with van der Waals surface area (Å²) in [4.78, 5) is 39.9. The number of nitrogens with zero attached hydrogens (tertiary/aromatic N) is 3. The SMILES string of the molecule is C=CCN(CC(=O)N(Cc1ccc(F)cc1)Cc1ccco1)C(=O)c1ccc(C)c([N+](=O)[O-])c1. The van der Waals surface area contributed by atoms with E-state index in [0.29, 0.717) is 16.9 Å². The monoisotopic (exact) mass is 465 g/mol. The lowest BCUT2D eigenvalue weighted by Crippen LogP contribution is -2.42. The minimum Gasteiger partial charge on any atom is -0.467 e. The molecule has 0 radical (unpaired) electrons. The second-order valence-electron chi connectivity index (χ2n) is 7.69. The van der Waals surface area contributed by atoms with Crippen LogP contribution in [0.5, 0.6) is 0 Å². The summed E-state index contributed by atoms with van der Waals surface area (Å²) in [7, 11) is 0. The van der Waals surface area contributed by atoms with Crippen LogP contribution in [0.1, 0.15) is 27.2 Å². The summed E-state index contributed by atoms with van der Waals surface area (Å²) < 4.78 is 18.7. The Bertz CT molecular complexity index is 1180. The highest BCUT2D eigenvalue weighted by Gasteiger charge is 2.24. The lowest BCUT2D eigenvalue weighted by molar-refractivity contribution is -0.385. The zero-order valence-electron chi connectivity index (χ0n) is 18.6. The van der Waals surface area contributed by atoms with Gasteiger partial charge in [0.1, 0.15) is 18.1 Å². The number of furan rings is 1. The van der Waals surface area contributed by atoms with E-state index >= 15 is 0 Å². The molecule has 0 fully saturated rings. The quantitative estimate of drug-likeness (QED) is 0.250. The fourth-order valence-electron chi connectivity index (χ4n) is 3.39. The van der Waals surface area contributed by atoms with Gasteiger partial charge in [0.15, 0.2) is 0 Å². The molecule has 3 rings (SSSR count). The summed E-state index contributed by atoms with van der Waals surface area (Å²) in [6.45, 7) is 5.33. The molecule has 0 unspecified atom stereocenters. The van der Waals surface area contributed by atoms with Crippen LogP contribution in [0.15, 0.2) is 77.9 Å². The number of hydrogen-bond acceptors (Lipinski definition) is 5. The van der Waals surface area contributed by atoms with Crippen LogP contribution in [0.3, 0.4) is 0 Å². The first kappa shape index (κ1) is 24.4. The van der Waals surface area contributed by atoms with Crippen molar-refractivity contribution in [3.8, 4) is 0 Å². The van der Waals surface area contributed by atoms with Gasteiger partial charge in [-0.2, -0.15) is 0 Å². The van der Waals surface area contributed by atoms with E-state index in [2.05, 4.69) is 6.58 Å². The first-order valence-corrected chi connectivity index (χ1v) is 10.5. The molecule has 1 heterocycles. The molecule has 0 aliphatic heterocycles. The minimum atomic E-state index is -0.553. The Morgan fingerprint density at radius 3 is 2.47 bits per heavy atom. The van der Waals surface area contributed by atoms with Crippen LogP contribution in [-0.4, -0.2) is 39.6 Å². The van der Waals surface area contributed by atoms with Crippen LogP contribution in [0.2, 0.25) is 0 Å². The molecular weight excluding hydrogens is 441 g/mol. The Labute approximate surface area is 196 Å². The predicted molar refractivity (Wildman–Crippen MR) is 123 cm³/mol. The lowest BCUT2D eigenvalue weighted by atomic mass is 10.1. The summed E-state index contributed by atoms with van der Waals surface area (Å²) >= 11 is 0. The van der Waals surface area contributed by atoms with E-state index in [1.54, 1.807) is 31.2 Å². The van der Waals surface area contributed by atoms with Gasteiger partial charge < -0.3 is 14.2 Å². The van der Waals surface area contributed by atoms with E-state index in [-0.39, 0.29) is 49.2 Å². The number of benzene rings is 2. The number of hydrogen-bond donors (Lipinski definition) is 0. The zero-order valence-corrected chi connectivity index (χ0v) is 18.6. The molecule has 1 aromatic heterocycles. The predicted octanol–water partition coefficient (Wildman–Crippen LogP) is 4.49. The van der Waals surface area contributed by atoms with Crippen molar-refractivity contribution in [1.82, 2.24) is 9.80 Å². The fraction of sp³-hybridized carbons (Fsp3) is 0.200. The van der Waals surface area contributed by atoms with Crippen molar-refractivity contribution < 1.29 is 23.3 Å². The van der Waals surface area contributed by atoms with Crippen molar-refractivity contribution >= 4 is 17.5 Å². The summed E-state index contributed by atoms with van der Waals surface area (Å²) in [5, 5.41) is 11.3. The lowest BCUT2D eigenvalue weighted by Gasteiger charge is -2.27. The van der Waals surface area contributed by atoms with Crippen LogP contribution >= 0.6 is 0 Å². The molecule has 2 aromatic carbocycles. The largest absolute Gasteiger partial charge is 0.467 e. The van der Waals surface area contributed by atoms with Crippen LogP contribution in [0, 0.1) is 22.9 Å². The second kappa shape index (κ2) is 11.0. The molecule has 8 nitrogen and oxygen atoms in total. The number of nitro groups is 1. The third kappa shape index (κ3) is 6.16. The maximum absolute atomic E-state index is 13.3. The van der Waals surface area contributed by atoms with E-state index in [0.717, 1.165) is 0 Å². The molecule has 0 aliphatic rings. The Balaban J connectivity index is 1.83.